The number of rotatable bonds is 2. The fourth-order valence-electron chi connectivity index (χ4n) is 2.66. The van der Waals surface area contributed by atoms with Crippen LogP contribution in [0, 0.1) is 0 Å². The molecule has 1 heteroatoms. The zero-order valence-corrected chi connectivity index (χ0v) is 13.1. The van der Waals surface area contributed by atoms with Gasteiger partial charge in [0.2, 0.25) is 0 Å². The van der Waals surface area contributed by atoms with Gasteiger partial charge in [0.15, 0.2) is 0 Å². The summed E-state index contributed by atoms with van der Waals surface area (Å²) in [5.74, 6) is 0. The number of aryl methyl sites for hydroxylation is 1. The maximum absolute atomic E-state index is 3.96. The average Bonchev–Trinajstić information content (AvgIpc) is 2.83. The third kappa shape index (κ3) is 2.92. The first-order valence-corrected chi connectivity index (χ1v) is 7.55. The van der Waals surface area contributed by atoms with Gasteiger partial charge in [-0.2, -0.15) is 0 Å². The third-order valence-corrected chi connectivity index (χ3v) is 3.63. The highest BCUT2D eigenvalue weighted by molar-refractivity contribution is 5.94. The summed E-state index contributed by atoms with van der Waals surface area (Å²) in [7, 11) is 2.10. The highest BCUT2D eigenvalue weighted by Crippen LogP contribution is 2.29. The predicted octanol–water partition coefficient (Wildman–Crippen LogP) is 5.75. The summed E-state index contributed by atoms with van der Waals surface area (Å²) in [6.45, 7) is 7.96. The van der Waals surface area contributed by atoms with Gasteiger partial charge in [0.25, 0.3) is 0 Å². The van der Waals surface area contributed by atoms with Gasteiger partial charge in [0.1, 0.15) is 0 Å². The molecule has 1 heterocycles. The molecule has 0 N–H and O–H groups in total. The van der Waals surface area contributed by atoms with Crippen molar-refractivity contribution < 1.29 is 0 Å². The smallest absolute Gasteiger partial charge is 0.0488 e. The van der Waals surface area contributed by atoms with Gasteiger partial charge in [0, 0.05) is 29.2 Å². The van der Waals surface area contributed by atoms with Crippen LogP contribution in [0.5, 0.6) is 0 Å². The van der Waals surface area contributed by atoms with Crippen LogP contribution in [0.4, 0.5) is 0 Å². The first-order valence-electron chi connectivity index (χ1n) is 7.55. The molecule has 2 aromatic rings. The van der Waals surface area contributed by atoms with Crippen molar-refractivity contribution in [1.82, 2.24) is 4.57 Å². The Morgan fingerprint density at radius 3 is 2.57 bits per heavy atom. The summed E-state index contributed by atoms with van der Waals surface area (Å²) in [5, 5.41) is 1.29. The van der Waals surface area contributed by atoms with Gasteiger partial charge < -0.3 is 4.57 Å². The number of benzene rings is 1. The van der Waals surface area contributed by atoms with E-state index in [-0.39, 0.29) is 0 Å². The van der Waals surface area contributed by atoms with Crippen LogP contribution in [-0.2, 0) is 7.05 Å². The molecule has 1 aromatic carbocycles. The standard InChI is InChI=1S/C18H17N.C2H6/c1-3-17-16(13-14-9-5-4-6-10-14)15-11-7-8-12-18(15)19(17)2;1-2/h3-9,11-13H,1,10H2,2H3;1-2H3/b14-13-;. The van der Waals surface area contributed by atoms with Crippen LogP contribution in [-0.4, -0.2) is 4.57 Å². The fraction of sp³-hybridized carbons (Fsp3) is 0.200. The second-order valence-electron chi connectivity index (χ2n) is 4.79. The molecule has 0 radical (unpaired) electrons. The second-order valence-corrected chi connectivity index (χ2v) is 4.79. The Bertz CT molecular complexity index is 724. The molecule has 0 unspecified atom stereocenters. The van der Waals surface area contributed by atoms with E-state index in [1.54, 1.807) is 0 Å². The summed E-state index contributed by atoms with van der Waals surface area (Å²) >= 11 is 0. The molecule has 0 amide bonds. The van der Waals surface area contributed by atoms with Crippen LogP contribution >= 0.6 is 0 Å². The van der Waals surface area contributed by atoms with Gasteiger partial charge in [-0.15, -0.1) is 0 Å². The van der Waals surface area contributed by atoms with E-state index in [0.717, 1.165) is 6.42 Å². The molecule has 1 nitrogen and oxygen atoms in total. The van der Waals surface area contributed by atoms with Crippen LogP contribution in [0.25, 0.3) is 23.1 Å². The normalized spacial score (nSPS) is 15.1. The Kier molecular flexibility index (Phi) is 4.99. The zero-order valence-electron chi connectivity index (χ0n) is 13.1. The summed E-state index contributed by atoms with van der Waals surface area (Å²) in [6.07, 6.45) is 13.8. The third-order valence-electron chi connectivity index (χ3n) is 3.63. The largest absolute Gasteiger partial charge is 0.344 e. The summed E-state index contributed by atoms with van der Waals surface area (Å²) in [4.78, 5) is 0. The Balaban J connectivity index is 0.000000774. The van der Waals surface area contributed by atoms with Gasteiger partial charge in [-0.3, -0.25) is 0 Å². The van der Waals surface area contributed by atoms with E-state index < -0.39 is 0 Å². The Morgan fingerprint density at radius 2 is 1.90 bits per heavy atom. The highest BCUT2D eigenvalue weighted by atomic mass is 14.9. The van der Waals surface area contributed by atoms with Crippen molar-refractivity contribution in [2.24, 2.45) is 7.05 Å². The van der Waals surface area contributed by atoms with E-state index in [2.05, 4.69) is 72.8 Å². The molecule has 0 aliphatic heterocycles. The van der Waals surface area contributed by atoms with Crippen molar-refractivity contribution in [2.75, 3.05) is 0 Å². The molecule has 0 fully saturated rings. The van der Waals surface area contributed by atoms with Crippen molar-refractivity contribution in [3.8, 4) is 0 Å². The topological polar surface area (TPSA) is 4.93 Å². The minimum Gasteiger partial charge on any atom is -0.344 e. The van der Waals surface area contributed by atoms with Crippen LogP contribution in [0.15, 0.2) is 60.7 Å². The van der Waals surface area contributed by atoms with Gasteiger partial charge in [-0.05, 0) is 30.2 Å². The SMILES string of the molecule is C=Cc1c(/C=C2/C=CC=CC2)c2ccccc2n1C.CC. The lowest BCUT2D eigenvalue weighted by Gasteiger charge is -2.03. The number of nitrogens with zero attached hydrogens (tertiary/aromatic N) is 1. The molecule has 0 saturated heterocycles. The predicted molar refractivity (Wildman–Crippen MR) is 95.2 cm³/mol. The van der Waals surface area contributed by atoms with E-state index in [1.807, 2.05) is 19.9 Å². The first-order chi connectivity index (χ1) is 10.3. The van der Waals surface area contributed by atoms with Crippen molar-refractivity contribution in [1.29, 1.82) is 0 Å². The molecule has 1 aromatic heterocycles. The van der Waals surface area contributed by atoms with Gasteiger partial charge in [-0.25, -0.2) is 0 Å². The summed E-state index contributed by atoms with van der Waals surface area (Å²) in [5.41, 5.74) is 5.03. The lowest BCUT2D eigenvalue weighted by atomic mass is 10.0. The van der Waals surface area contributed by atoms with Crippen LogP contribution in [0.1, 0.15) is 31.5 Å². The molecule has 1 aliphatic carbocycles. The second kappa shape index (κ2) is 6.94. The van der Waals surface area contributed by atoms with E-state index in [4.69, 9.17) is 0 Å². The van der Waals surface area contributed by atoms with Crippen molar-refractivity contribution in [3.63, 3.8) is 0 Å². The van der Waals surface area contributed by atoms with E-state index in [9.17, 15) is 0 Å². The van der Waals surface area contributed by atoms with Crippen LogP contribution < -0.4 is 0 Å². The number of aromatic nitrogens is 1. The number of hydrogen-bond donors (Lipinski definition) is 0. The highest BCUT2D eigenvalue weighted by Gasteiger charge is 2.10. The Hall–Kier alpha value is -2.28. The molecule has 0 bridgehead atoms. The molecule has 21 heavy (non-hydrogen) atoms. The van der Waals surface area contributed by atoms with Gasteiger partial charge in [-0.1, -0.05) is 62.9 Å². The average molecular weight is 277 g/mol. The molecule has 0 saturated carbocycles. The van der Waals surface area contributed by atoms with E-state index in [0.29, 0.717) is 0 Å². The minimum absolute atomic E-state index is 0.996. The molecular formula is C20H23N. The van der Waals surface area contributed by atoms with E-state index in [1.165, 1.54) is 27.7 Å². The van der Waals surface area contributed by atoms with Crippen LogP contribution in [0.2, 0.25) is 0 Å². The Morgan fingerprint density at radius 1 is 1.14 bits per heavy atom. The minimum atomic E-state index is 0.996. The quantitative estimate of drug-likeness (QED) is 0.659. The summed E-state index contributed by atoms with van der Waals surface area (Å²) in [6, 6.07) is 8.50. The van der Waals surface area contributed by atoms with Gasteiger partial charge >= 0.3 is 0 Å². The number of fused-ring (bicyclic) bond motifs is 1. The first kappa shape index (κ1) is 15.1. The Labute approximate surface area is 127 Å². The molecule has 3 rings (SSSR count). The molecule has 108 valence electrons. The monoisotopic (exact) mass is 277 g/mol. The maximum Gasteiger partial charge on any atom is 0.0488 e. The molecule has 0 atom stereocenters. The number of hydrogen-bond acceptors (Lipinski definition) is 0. The lowest BCUT2D eigenvalue weighted by molar-refractivity contribution is 0.953. The number of para-hydroxylation sites is 1. The number of allylic oxidation sites excluding steroid dienone is 5. The zero-order chi connectivity index (χ0) is 15.2. The fourth-order valence-corrected chi connectivity index (χ4v) is 2.66. The lowest BCUT2D eigenvalue weighted by Crippen LogP contribution is -1.90. The van der Waals surface area contributed by atoms with Gasteiger partial charge in [0.05, 0.1) is 0 Å². The van der Waals surface area contributed by atoms with E-state index >= 15 is 0 Å². The van der Waals surface area contributed by atoms with Crippen molar-refractivity contribution in [2.45, 2.75) is 20.3 Å². The van der Waals surface area contributed by atoms with Crippen molar-refractivity contribution >= 4 is 23.1 Å². The molecule has 0 spiro atoms. The molecular weight excluding hydrogens is 254 g/mol. The van der Waals surface area contributed by atoms with Crippen molar-refractivity contribution in [3.05, 3.63) is 72.0 Å². The molecule has 1 aliphatic rings. The maximum atomic E-state index is 3.96. The summed E-state index contributed by atoms with van der Waals surface area (Å²) < 4.78 is 2.21. The van der Waals surface area contributed by atoms with Crippen LogP contribution in [0.3, 0.4) is 0 Å².